The number of nitrogens with one attached hydrogen (secondary N) is 3. The number of aryl methyl sites for hydroxylation is 1. The number of anilines is 2. The van der Waals surface area contributed by atoms with E-state index in [1.165, 1.54) is 13.2 Å². The Hall–Kier alpha value is -4.55. The first kappa shape index (κ1) is 29.0. The van der Waals surface area contributed by atoms with Gasteiger partial charge in [-0.25, -0.2) is 14.4 Å². The Morgan fingerprint density at radius 2 is 2.00 bits per heavy atom. The van der Waals surface area contributed by atoms with Crippen molar-refractivity contribution < 1.29 is 23.8 Å². The maximum atomic E-state index is 14.3. The molecule has 1 fully saturated rings. The van der Waals surface area contributed by atoms with Crippen LogP contribution in [0.25, 0.3) is 16.9 Å². The van der Waals surface area contributed by atoms with Crippen molar-refractivity contribution in [2.45, 2.75) is 19.4 Å². The quantitative estimate of drug-likeness (QED) is 0.224. The summed E-state index contributed by atoms with van der Waals surface area (Å²) in [5.74, 6) is -0.738. The standard InChI is InChI=1S/C30H34FN7O4/c1-18-14-20(5-6-21(18)30(41)37-12-8-22(25(39)17-37)29(40)34-10-9-32-2)36-27-28-35-16-24(38(28)13-11-33-27)19-4-7-26(42-3)23(31)15-19/h4-7,11,13-16,22,25,32,39H,8-10,12,17H2,1-3H3,(H,33,36)(H,34,40). The lowest BCUT2D eigenvalue weighted by Gasteiger charge is -2.35. The Morgan fingerprint density at radius 1 is 1.17 bits per heavy atom. The smallest absolute Gasteiger partial charge is 0.254 e. The molecule has 1 aliphatic rings. The molecule has 0 radical (unpaired) electrons. The van der Waals surface area contributed by atoms with Gasteiger partial charge in [-0.15, -0.1) is 0 Å². The number of carbonyl (C=O) groups excluding carboxylic acids is 2. The molecule has 1 saturated heterocycles. The predicted molar refractivity (Wildman–Crippen MR) is 156 cm³/mol. The number of imidazole rings is 1. The molecular formula is C30H34FN7O4. The summed E-state index contributed by atoms with van der Waals surface area (Å²) in [5, 5.41) is 19.7. The van der Waals surface area contributed by atoms with E-state index in [2.05, 4.69) is 25.9 Å². The van der Waals surface area contributed by atoms with Gasteiger partial charge in [-0.3, -0.25) is 14.0 Å². The van der Waals surface area contributed by atoms with Crippen molar-refractivity contribution in [1.29, 1.82) is 0 Å². The number of likely N-dealkylation sites (N-methyl/N-ethyl adjacent to an activating group) is 1. The summed E-state index contributed by atoms with van der Waals surface area (Å²) in [6.07, 6.45) is 4.49. The third kappa shape index (κ3) is 5.90. The topological polar surface area (TPSA) is 133 Å². The van der Waals surface area contributed by atoms with Gasteiger partial charge in [0.25, 0.3) is 5.91 Å². The summed E-state index contributed by atoms with van der Waals surface area (Å²) in [6.45, 7) is 3.44. The maximum absolute atomic E-state index is 14.3. The molecule has 0 bridgehead atoms. The number of methoxy groups -OCH3 is 1. The van der Waals surface area contributed by atoms with Crippen LogP contribution in [-0.4, -0.2) is 82.6 Å². The fourth-order valence-electron chi connectivity index (χ4n) is 5.20. The van der Waals surface area contributed by atoms with Gasteiger partial charge >= 0.3 is 0 Å². The number of fused-ring (bicyclic) bond motifs is 1. The molecule has 11 nitrogen and oxygen atoms in total. The highest BCUT2D eigenvalue weighted by atomic mass is 19.1. The van der Waals surface area contributed by atoms with Crippen molar-refractivity contribution in [3.05, 3.63) is 71.9 Å². The minimum absolute atomic E-state index is 0.0919. The molecule has 42 heavy (non-hydrogen) atoms. The van der Waals surface area contributed by atoms with Crippen LogP contribution >= 0.6 is 0 Å². The molecule has 0 spiro atoms. The lowest BCUT2D eigenvalue weighted by Crippen LogP contribution is -2.51. The molecule has 2 aromatic heterocycles. The summed E-state index contributed by atoms with van der Waals surface area (Å²) in [5.41, 5.74) is 3.85. The number of β-amino-alcohol motifs (C(OH)–C–C–N with tert-alkyl or cyclic N) is 1. The summed E-state index contributed by atoms with van der Waals surface area (Å²) >= 11 is 0. The number of carbonyl (C=O) groups is 2. The van der Waals surface area contributed by atoms with E-state index in [-0.39, 0.29) is 24.1 Å². The number of rotatable bonds is 9. The number of amides is 2. The highest BCUT2D eigenvalue weighted by molar-refractivity contribution is 5.96. The number of benzene rings is 2. The van der Waals surface area contributed by atoms with Gasteiger partial charge in [-0.2, -0.15) is 0 Å². The summed E-state index contributed by atoms with van der Waals surface area (Å²) in [6, 6.07) is 10.1. The molecule has 4 aromatic rings. The fraction of sp³-hybridized carbons (Fsp3) is 0.333. The number of aliphatic hydroxyl groups excluding tert-OH is 1. The summed E-state index contributed by atoms with van der Waals surface area (Å²) < 4.78 is 21.2. The second-order valence-electron chi connectivity index (χ2n) is 10.2. The zero-order valence-corrected chi connectivity index (χ0v) is 23.7. The molecule has 2 amide bonds. The van der Waals surface area contributed by atoms with Gasteiger partial charge < -0.3 is 30.7 Å². The van der Waals surface area contributed by atoms with Gasteiger partial charge in [-0.05, 0) is 62.4 Å². The molecular weight excluding hydrogens is 541 g/mol. The van der Waals surface area contributed by atoms with E-state index in [4.69, 9.17) is 4.74 Å². The number of likely N-dealkylation sites (tertiary alicyclic amines) is 1. The first-order valence-electron chi connectivity index (χ1n) is 13.7. The highest BCUT2D eigenvalue weighted by Crippen LogP contribution is 2.29. The number of nitrogens with zero attached hydrogens (tertiary/aromatic N) is 4. The Morgan fingerprint density at radius 3 is 2.71 bits per heavy atom. The van der Waals surface area contributed by atoms with Crippen LogP contribution in [0.5, 0.6) is 5.75 Å². The SMILES string of the molecule is CNCCNC(=O)C1CCN(C(=O)c2ccc(Nc3nccn4c(-c5ccc(OC)c(F)c5)cnc34)cc2C)CC1O. The first-order valence-corrected chi connectivity index (χ1v) is 13.7. The monoisotopic (exact) mass is 575 g/mol. The molecule has 0 saturated carbocycles. The van der Waals surface area contributed by atoms with Crippen LogP contribution in [0.4, 0.5) is 15.9 Å². The van der Waals surface area contributed by atoms with Crippen molar-refractivity contribution in [1.82, 2.24) is 29.9 Å². The fourth-order valence-corrected chi connectivity index (χ4v) is 5.20. The van der Waals surface area contributed by atoms with Crippen molar-refractivity contribution >= 4 is 29.0 Å². The van der Waals surface area contributed by atoms with Gasteiger partial charge in [0.05, 0.1) is 31.0 Å². The van der Waals surface area contributed by atoms with E-state index in [0.29, 0.717) is 60.0 Å². The number of piperidine rings is 1. The normalized spacial score (nSPS) is 16.8. The molecule has 5 rings (SSSR count). The van der Waals surface area contributed by atoms with Crippen LogP contribution in [0.3, 0.4) is 0 Å². The lowest BCUT2D eigenvalue weighted by atomic mass is 9.92. The van der Waals surface area contributed by atoms with Gasteiger partial charge in [0, 0.05) is 55.4 Å². The minimum atomic E-state index is -0.932. The second kappa shape index (κ2) is 12.5. The Labute approximate surface area is 242 Å². The largest absolute Gasteiger partial charge is 0.494 e. The number of halogens is 1. The Kier molecular flexibility index (Phi) is 8.64. The van der Waals surface area contributed by atoms with Crippen LogP contribution in [0.1, 0.15) is 22.3 Å². The lowest BCUT2D eigenvalue weighted by molar-refractivity contribution is -0.130. The number of aromatic nitrogens is 3. The van der Waals surface area contributed by atoms with Crippen LogP contribution < -0.4 is 20.7 Å². The van der Waals surface area contributed by atoms with E-state index >= 15 is 0 Å². The van der Waals surface area contributed by atoms with E-state index in [0.717, 1.165) is 5.56 Å². The van der Waals surface area contributed by atoms with Gasteiger partial charge in [0.2, 0.25) is 5.91 Å². The third-order valence-electron chi connectivity index (χ3n) is 7.48. The highest BCUT2D eigenvalue weighted by Gasteiger charge is 2.35. The number of hydrogen-bond acceptors (Lipinski definition) is 8. The first-order chi connectivity index (χ1) is 20.3. The average Bonchev–Trinajstić information content (AvgIpc) is 3.42. The molecule has 1 aliphatic heterocycles. The van der Waals surface area contributed by atoms with E-state index in [1.54, 1.807) is 54.8 Å². The van der Waals surface area contributed by atoms with Crippen LogP contribution in [0.15, 0.2) is 55.0 Å². The zero-order chi connectivity index (χ0) is 29.8. The molecule has 2 atom stereocenters. The Balaban J connectivity index is 1.28. The van der Waals surface area contributed by atoms with Crippen LogP contribution in [0.2, 0.25) is 0 Å². The van der Waals surface area contributed by atoms with E-state index in [1.807, 2.05) is 17.4 Å². The molecule has 2 unspecified atom stereocenters. The molecule has 0 aliphatic carbocycles. The summed E-state index contributed by atoms with van der Waals surface area (Å²) in [7, 11) is 3.22. The van der Waals surface area contributed by atoms with Gasteiger partial charge in [0.15, 0.2) is 23.0 Å². The molecule has 220 valence electrons. The van der Waals surface area contributed by atoms with Crippen molar-refractivity contribution in [3.8, 4) is 17.0 Å². The van der Waals surface area contributed by atoms with Crippen molar-refractivity contribution in [2.24, 2.45) is 5.92 Å². The molecule has 2 aromatic carbocycles. The van der Waals surface area contributed by atoms with E-state index < -0.39 is 17.8 Å². The average molecular weight is 576 g/mol. The van der Waals surface area contributed by atoms with Gasteiger partial charge in [-0.1, -0.05) is 0 Å². The number of hydrogen-bond donors (Lipinski definition) is 4. The van der Waals surface area contributed by atoms with Crippen molar-refractivity contribution in [2.75, 3.05) is 45.7 Å². The number of aliphatic hydroxyl groups is 1. The number of ether oxygens (including phenoxy) is 1. The van der Waals surface area contributed by atoms with E-state index in [9.17, 15) is 19.1 Å². The zero-order valence-electron chi connectivity index (χ0n) is 23.7. The predicted octanol–water partition coefficient (Wildman–Crippen LogP) is 2.75. The van der Waals surface area contributed by atoms with Crippen molar-refractivity contribution in [3.63, 3.8) is 0 Å². The second-order valence-corrected chi connectivity index (χ2v) is 10.2. The maximum Gasteiger partial charge on any atom is 0.254 e. The minimum Gasteiger partial charge on any atom is -0.494 e. The van der Waals surface area contributed by atoms with Crippen LogP contribution in [-0.2, 0) is 4.79 Å². The Bertz CT molecular complexity index is 1610. The third-order valence-corrected chi connectivity index (χ3v) is 7.48. The summed E-state index contributed by atoms with van der Waals surface area (Å²) in [4.78, 5) is 36.3. The van der Waals surface area contributed by atoms with Gasteiger partial charge in [0.1, 0.15) is 0 Å². The molecule has 12 heteroatoms. The molecule has 4 N–H and O–H groups in total. The molecule has 3 heterocycles. The van der Waals surface area contributed by atoms with Crippen LogP contribution in [0, 0.1) is 18.7 Å².